The second kappa shape index (κ2) is 8.68. The molecule has 0 fully saturated rings. The molecule has 2 heterocycles. The summed E-state index contributed by atoms with van der Waals surface area (Å²) in [6.45, 7) is 0. The van der Waals surface area contributed by atoms with Crippen molar-refractivity contribution in [2.75, 3.05) is 10.6 Å². The van der Waals surface area contributed by atoms with Crippen LogP contribution in [-0.2, 0) is 16.0 Å². The van der Waals surface area contributed by atoms with Gasteiger partial charge in [0.05, 0.1) is 24.0 Å². The predicted molar refractivity (Wildman–Crippen MR) is 103 cm³/mol. The van der Waals surface area contributed by atoms with Gasteiger partial charge in [-0.3, -0.25) is 19.9 Å². The molecule has 1 aromatic carbocycles. The molecule has 0 aliphatic rings. The van der Waals surface area contributed by atoms with Crippen molar-refractivity contribution in [3.8, 4) is 0 Å². The van der Waals surface area contributed by atoms with Crippen molar-refractivity contribution in [2.24, 2.45) is 0 Å². The number of benzene rings is 1. The third-order valence-electron chi connectivity index (χ3n) is 3.30. The Kier molecular flexibility index (Phi) is 5.84. The van der Waals surface area contributed by atoms with Gasteiger partial charge in [-0.25, -0.2) is 4.98 Å². The molecule has 0 unspecified atom stereocenters. The van der Waals surface area contributed by atoms with Gasteiger partial charge in [-0.2, -0.15) is 0 Å². The third-order valence-corrected chi connectivity index (χ3v) is 4.10. The fraction of sp³-hybridized carbons (Fsp3) is 0.0526. The minimum Gasteiger partial charge on any atom is -0.324 e. The SMILES string of the molecule is O=C(C=Cc1ccccc1)Nc1nc(CC(=O)Nc2cccnc2)cs1. The molecule has 0 saturated carbocycles. The summed E-state index contributed by atoms with van der Waals surface area (Å²) < 4.78 is 0. The molecule has 0 atom stereocenters. The van der Waals surface area contributed by atoms with Crippen LogP contribution >= 0.6 is 11.3 Å². The Morgan fingerprint density at radius 1 is 1.08 bits per heavy atom. The molecule has 0 saturated heterocycles. The lowest BCUT2D eigenvalue weighted by atomic mass is 10.2. The second-order valence-electron chi connectivity index (χ2n) is 5.34. The number of rotatable bonds is 6. The Morgan fingerprint density at radius 3 is 2.69 bits per heavy atom. The molecule has 2 N–H and O–H groups in total. The summed E-state index contributed by atoms with van der Waals surface area (Å²) in [4.78, 5) is 32.1. The first-order valence-corrected chi connectivity index (χ1v) is 8.75. The zero-order chi connectivity index (χ0) is 18.2. The van der Waals surface area contributed by atoms with Crippen molar-refractivity contribution < 1.29 is 9.59 Å². The number of carbonyl (C=O) groups is 2. The number of hydrogen-bond donors (Lipinski definition) is 2. The number of thiazole rings is 1. The third kappa shape index (κ3) is 5.35. The van der Waals surface area contributed by atoms with E-state index in [9.17, 15) is 9.59 Å². The van der Waals surface area contributed by atoms with E-state index in [1.54, 1.807) is 36.0 Å². The number of anilines is 2. The normalized spacial score (nSPS) is 10.6. The maximum absolute atomic E-state index is 12.0. The molecular weight excluding hydrogens is 348 g/mol. The lowest BCUT2D eigenvalue weighted by molar-refractivity contribution is -0.115. The van der Waals surface area contributed by atoms with E-state index in [1.807, 2.05) is 30.3 Å². The van der Waals surface area contributed by atoms with E-state index in [0.29, 0.717) is 16.5 Å². The van der Waals surface area contributed by atoms with Gasteiger partial charge in [0.1, 0.15) is 0 Å². The number of amides is 2. The molecule has 0 aliphatic heterocycles. The van der Waals surface area contributed by atoms with E-state index < -0.39 is 0 Å². The highest BCUT2D eigenvalue weighted by molar-refractivity contribution is 7.14. The van der Waals surface area contributed by atoms with Gasteiger partial charge in [0, 0.05) is 17.7 Å². The molecule has 2 aromatic heterocycles. The molecule has 0 bridgehead atoms. The zero-order valence-electron chi connectivity index (χ0n) is 13.8. The van der Waals surface area contributed by atoms with Gasteiger partial charge >= 0.3 is 0 Å². The monoisotopic (exact) mass is 364 g/mol. The highest BCUT2D eigenvalue weighted by Crippen LogP contribution is 2.16. The van der Waals surface area contributed by atoms with Gasteiger partial charge in [-0.1, -0.05) is 30.3 Å². The number of pyridine rings is 1. The first-order valence-electron chi connectivity index (χ1n) is 7.87. The smallest absolute Gasteiger partial charge is 0.250 e. The molecule has 2 amide bonds. The van der Waals surface area contributed by atoms with Gasteiger partial charge in [-0.15, -0.1) is 11.3 Å². The fourth-order valence-electron chi connectivity index (χ4n) is 2.14. The lowest BCUT2D eigenvalue weighted by Crippen LogP contribution is -2.15. The van der Waals surface area contributed by atoms with Crippen LogP contribution in [-0.4, -0.2) is 21.8 Å². The molecule has 0 spiro atoms. The Balaban J connectivity index is 1.52. The van der Waals surface area contributed by atoms with Crippen molar-refractivity contribution in [2.45, 2.75) is 6.42 Å². The van der Waals surface area contributed by atoms with E-state index in [1.165, 1.54) is 17.4 Å². The maximum Gasteiger partial charge on any atom is 0.250 e. The van der Waals surface area contributed by atoms with Crippen LogP contribution in [0.5, 0.6) is 0 Å². The van der Waals surface area contributed by atoms with Crippen LogP contribution in [0.2, 0.25) is 0 Å². The highest BCUT2D eigenvalue weighted by Gasteiger charge is 2.09. The predicted octanol–water partition coefficient (Wildman–Crippen LogP) is 3.37. The number of nitrogens with one attached hydrogen (secondary N) is 2. The molecule has 130 valence electrons. The summed E-state index contributed by atoms with van der Waals surface area (Å²) in [5.74, 6) is -0.459. The van der Waals surface area contributed by atoms with Crippen molar-refractivity contribution in [1.82, 2.24) is 9.97 Å². The maximum atomic E-state index is 12.0. The number of aromatic nitrogens is 2. The van der Waals surface area contributed by atoms with Crippen LogP contribution in [0.25, 0.3) is 6.08 Å². The van der Waals surface area contributed by atoms with Crippen LogP contribution < -0.4 is 10.6 Å². The largest absolute Gasteiger partial charge is 0.324 e. The standard InChI is InChI=1S/C19H16N4O2S/c24-17(9-8-14-5-2-1-3-6-14)23-19-22-16(13-26-19)11-18(25)21-15-7-4-10-20-12-15/h1-10,12-13H,11H2,(H,21,25)(H,22,23,24). The molecule has 0 radical (unpaired) electrons. The summed E-state index contributed by atoms with van der Waals surface area (Å²) in [6, 6.07) is 13.0. The summed E-state index contributed by atoms with van der Waals surface area (Å²) in [5.41, 5.74) is 2.17. The summed E-state index contributed by atoms with van der Waals surface area (Å²) in [7, 11) is 0. The van der Waals surface area contributed by atoms with Gasteiger partial charge in [0.25, 0.3) is 0 Å². The number of hydrogen-bond acceptors (Lipinski definition) is 5. The Bertz CT molecular complexity index is 908. The molecule has 7 heteroatoms. The fourth-order valence-corrected chi connectivity index (χ4v) is 2.85. The summed E-state index contributed by atoms with van der Waals surface area (Å²) in [5, 5.41) is 7.64. The topological polar surface area (TPSA) is 84.0 Å². The van der Waals surface area contributed by atoms with Crippen LogP contribution in [0, 0.1) is 0 Å². The van der Waals surface area contributed by atoms with Crippen LogP contribution in [0.4, 0.5) is 10.8 Å². The Labute approximate surface area is 154 Å². The van der Waals surface area contributed by atoms with Gasteiger partial charge < -0.3 is 5.32 Å². The summed E-state index contributed by atoms with van der Waals surface area (Å²) >= 11 is 1.28. The second-order valence-corrected chi connectivity index (χ2v) is 6.20. The van der Waals surface area contributed by atoms with Crippen molar-refractivity contribution in [3.63, 3.8) is 0 Å². The zero-order valence-corrected chi connectivity index (χ0v) is 14.6. The van der Waals surface area contributed by atoms with E-state index >= 15 is 0 Å². The van der Waals surface area contributed by atoms with Crippen molar-refractivity contribution >= 4 is 40.0 Å². The summed E-state index contributed by atoms with van der Waals surface area (Å²) in [6.07, 6.45) is 6.51. The van der Waals surface area contributed by atoms with Gasteiger partial charge in [0.2, 0.25) is 11.8 Å². The highest BCUT2D eigenvalue weighted by atomic mass is 32.1. The molecule has 3 aromatic rings. The van der Waals surface area contributed by atoms with E-state index in [2.05, 4.69) is 20.6 Å². The van der Waals surface area contributed by atoms with E-state index in [4.69, 9.17) is 0 Å². The molecule has 0 aliphatic carbocycles. The number of carbonyl (C=O) groups excluding carboxylic acids is 2. The molecular formula is C19H16N4O2S. The average molecular weight is 364 g/mol. The van der Waals surface area contributed by atoms with Gasteiger partial charge in [-0.05, 0) is 23.8 Å². The number of nitrogens with zero attached hydrogens (tertiary/aromatic N) is 2. The van der Waals surface area contributed by atoms with Crippen LogP contribution in [0.15, 0.2) is 66.3 Å². The van der Waals surface area contributed by atoms with Gasteiger partial charge in [0.15, 0.2) is 5.13 Å². The van der Waals surface area contributed by atoms with Crippen molar-refractivity contribution in [1.29, 1.82) is 0 Å². The Hall–Kier alpha value is -3.32. The molecule has 6 nitrogen and oxygen atoms in total. The molecule has 26 heavy (non-hydrogen) atoms. The minimum absolute atomic E-state index is 0.126. The van der Waals surface area contributed by atoms with E-state index in [0.717, 1.165) is 5.56 Å². The molecule has 3 rings (SSSR count). The van der Waals surface area contributed by atoms with Crippen molar-refractivity contribution in [3.05, 3.63) is 77.6 Å². The van der Waals surface area contributed by atoms with Crippen LogP contribution in [0.3, 0.4) is 0 Å². The lowest BCUT2D eigenvalue weighted by Gasteiger charge is -2.02. The van der Waals surface area contributed by atoms with Crippen LogP contribution in [0.1, 0.15) is 11.3 Å². The average Bonchev–Trinajstić information content (AvgIpc) is 3.08. The quantitative estimate of drug-likeness (QED) is 0.657. The minimum atomic E-state index is -0.269. The Morgan fingerprint density at radius 2 is 1.92 bits per heavy atom. The first kappa shape index (κ1) is 17.5. The van der Waals surface area contributed by atoms with E-state index in [-0.39, 0.29) is 18.2 Å². The first-order chi connectivity index (χ1) is 12.7.